The van der Waals surface area contributed by atoms with Crippen molar-refractivity contribution in [3.63, 3.8) is 0 Å². The fourth-order valence-electron chi connectivity index (χ4n) is 2.48. The lowest BCUT2D eigenvalue weighted by Crippen LogP contribution is -2.37. The molecule has 7 heteroatoms. The second-order valence-corrected chi connectivity index (χ2v) is 6.61. The van der Waals surface area contributed by atoms with Crippen LogP contribution in [-0.2, 0) is 19.6 Å². The maximum absolute atomic E-state index is 11.7. The molecule has 0 amide bonds. The summed E-state index contributed by atoms with van der Waals surface area (Å²) in [4.78, 5) is 13.9. The minimum Gasteiger partial charge on any atom is -0.466 e. The van der Waals surface area contributed by atoms with E-state index in [4.69, 9.17) is 9.88 Å². The molecule has 1 aromatic rings. The van der Waals surface area contributed by atoms with Crippen molar-refractivity contribution in [3.8, 4) is 0 Å². The molecule has 2 N–H and O–H groups in total. The number of nitrogens with two attached hydrogens (primary N) is 1. The molecule has 0 unspecified atom stereocenters. The van der Waals surface area contributed by atoms with Crippen molar-refractivity contribution in [1.82, 2.24) is 0 Å². The molecule has 116 valence electrons. The number of benzene rings is 1. The predicted octanol–water partition coefficient (Wildman–Crippen LogP) is 1.11. The van der Waals surface area contributed by atoms with Gasteiger partial charge in [-0.15, -0.1) is 0 Å². The second-order valence-electron chi connectivity index (χ2n) is 5.05. The van der Waals surface area contributed by atoms with E-state index in [0.29, 0.717) is 6.61 Å². The van der Waals surface area contributed by atoms with Crippen LogP contribution in [0.25, 0.3) is 0 Å². The summed E-state index contributed by atoms with van der Waals surface area (Å²) >= 11 is 0. The van der Waals surface area contributed by atoms with Crippen molar-refractivity contribution in [2.24, 2.45) is 11.1 Å². The maximum atomic E-state index is 11.7. The zero-order chi connectivity index (χ0) is 15.5. The molecular weight excluding hydrogens is 292 g/mol. The van der Waals surface area contributed by atoms with Gasteiger partial charge in [0.15, 0.2) is 0 Å². The van der Waals surface area contributed by atoms with Crippen LogP contribution in [0, 0.1) is 5.92 Å². The highest BCUT2D eigenvalue weighted by Gasteiger charge is 2.26. The SMILES string of the molecule is CCOC(=O)C1CCN(c2ccc(S(N)(=O)=O)cc2)CC1. The third-order valence-electron chi connectivity index (χ3n) is 3.65. The first-order valence-electron chi connectivity index (χ1n) is 6.96. The van der Waals surface area contributed by atoms with E-state index in [1.165, 1.54) is 12.1 Å². The highest BCUT2D eigenvalue weighted by Crippen LogP contribution is 2.25. The second kappa shape index (κ2) is 6.44. The fraction of sp³-hybridized carbons (Fsp3) is 0.500. The van der Waals surface area contributed by atoms with Crippen molar-refractivity contribution in [2.75, 3.05) is 24.6 Å². The van der Waals surface area contributed by atoms with Gasteiger partial charge in [-0.1, -0.05) is 0 Å². The molecule has 21 heavy (non-hydrogen) atoms. The van der Waals surface area contributed by atoms with E-state index in [1.54, 1.807) is 19.1 Å². The summed E-state index contributed by atoms with van der Waals surface area (Å²) in [5.41, 5.74) is 0.935. The van der Waals surface area contributed by atoms with Crippen LogP contribution in [0.5, 0.6) is 0 Å². The molecule has 0 saturated carbocycles. The van der Waals surface area contributed by atoms with Crippen LogP contribution in [0.2, 0.25) is 0 Å². The first kappa shape index (κ1) is 15.8. The third-order valence-corrected chi connectivity index (χ3v) is 4.57. The van der Waals surface area contributed by atoms with Gasteiger partial charge in [0.2, 0.25) is 10.0 Å². The molecule has 1 aliphatic rings. The van der Waals surface area contributed by atoms with Gasteiger partial charge in [-0.25, -0.2) is 13.6 Å². The molecule has 0 aromatic heterocycles. The monoisotopic (exact) mass is 312 g/mol. The molecule has 0 radical (unpaired) electrons. The number of ether oxygens (including phenoxy) is 1. The van der Waals surface area contributed by atoms with Crippen molar-refractivity contribution < 1.29 is 17.9 Å². The largest absolute Gasteiger partial charge is 0.466 e. The number of carbonyl (C=O) groups is 1. The van der Waals surface area contributed by atoms with E-state index < -0.39 is 10.0 Å². The van der Waals surface area contributed by atoms with Crippen LogP contribution >= 0.6 is 0 Å². The zero-order valence-corrected chi connectivity index (χ0v) is 12.8. The van der Waals surface area contributed by atoms with Gasteiger partial charge in [-0.2, -0.15) is 0 Å². The van der Waals surface area contributed by atoms with Crippen molar-refractivity contribution in [2.45, 2.75) is 24.7 Å². The average molecular weight is 312 g/mol. The number of piperidine rings is 1. The molecule has 1 heterocycles. The average Bonchev–Trinajstić information content (AvgIpc) is 2.47. The van der Waals surface area contributed by atoms with Gasteiger partial charge in [0.25, 0.3) is 0 Å². The number of anilines is 1. The summed E-state index contributed by atoms with van der Waals surface area (Å²) < 4.78 is 27.5. The lowest BCUT2D eigenvalue weighted by Gasteiger charge is -2.32. The van der Waals surface area contributed by atoms with E-state index in [2.05, 4.69) is 4.90 Å². The quantitative estimate of drug-likeness (QED) is 0.841. The molecule has 0 atom stereocenters. The molecule has 0 bridgehead atoms. The van der Waals surface area contributed by atoms with Gasteiger partial charge in [0.1, 0.15) is 0 Å². The van der Waals surface area contributed by atoms with Crippen molar-refractivity contribution in [3.05, 3.63) is 24.3 Å². The number of primary sulfonamides is 1. The number of carbonyl (C=O) groups excluding carboxylic acids is 1. The molecule has 0 spiro atoms. The Balaban J connectivity index is 1.98. The van der Waals surface area contributed by atoms with Crippen LogP contribution in [0.1, 0.15) is 19.8 Å². The number of nitrogens with zero attached hydrogens (tertiary/aromatic N) is 1. The lowest BCUT2D eigenvalue weighted by molar-refractivity contribution is -0.148. The van der Waals surface area contributed by atoms with Gasteiger partial charge in [0, 0.05) is 18.8 Å². The number of sulfonamides is 1. The Bertz CT molecular complexity index is 590. The summed E-state index contributed by atoms with van der Waals surface area (Å²) in [6.07, 6.45) is 1.49. The summed E-state index contributed by atoms with van der Waals surface area (Å²) in [5.74, 6) is -0.161. The Labute approximate surface area is 124 Å². The summed E-state index contributed by atoms with van der Waals surface area (Å²) in [6, 6.07) is 6.49. The van der Waals surface area contributed by atoms with Gasteiger partial charge < -0.3 is 9.64 Å². The molecule has 1 aromatic carbocycles. The van der Waals surface area contributed by atoms with E-state index in [0.717, 1.165) is 31.6 Å². The number of esters is 1. The summed E-state index contributed by atoms with van der Waals surface area (Å²) in [7, 11) is -3.66. The van der Waals surface area contributed by atoms with E-state index in [1.807, 2.05) is 0 Å². The van der Waals surface area contributed by atoms with Crippen LogP contribution in [0.4, 0.5) is 5.69 Å². The predicted molar refractivity (Wildman–Crippen MR) is 79.4 cm³/mol. The van der Waals surface area contributed by atoms with E-state index in [9.17, 15) is 13.2 Å². The van der Waals surface area contributed by atoms with Gasteiger partial charge in [0.05, 0.1) is 17.4 Å². The highest BCUT2D eigenvalue weighted by atomic mass is 32.2. The summed E-state index contributed by atoms with van der Waals surface area (Å²) in [5, 5.41) is 5.07. The topological polar surface area (TPSA) is 89.7 Å². The van der Waals surface area contributed by atoms with Crippen LogP contribution in [0.15, 0.2) is 29.2 Å². The highest BCUT2D eigenvalue weighted by molar-refractivity contribution is 7.89. The van der Waals surface area contributed by atoms with Gasteiger partial charge in [-0.3, -0.25) is 4.79 Å². The molecule has 1 saturated heterocycles. The molecule has 1 aliphatic heterocycles. The molecule has 0 aliphatic carbocycles. The van der Waals surface area contributed by atoms with Crippen LogP contribution < -0.4 is 10.0 Å². The Morgan fingerprint density at radius 3 is 2.33 bits per heavy atom. The molecule has 1 fully saturated rings. The minimum atomic E-state index is -3.66. The lowest BCUT2D eigenvalue weighted by atomic mass is 9.96. The zero-order valence-electron chi connectivity index (χ0n) is 12.0. The number of hydrogen-bond donors (Lipinski definition) is 1. The van der Waals surface area contributed by atoms with Crippen LogP contribution in [0.3, 0.4) is 0 Å². The molecule has 6 nitrogen and oxygen atoms in total. The third kappa shape index (κ3) is 3.95. The van der Waals surface area contributed by atoms with Gasteiger partial charge >= 0.3 is 5.97 Å². The summed E-state index contributed by atoms with van der Waals surface area (Å²) in [6.45, 7) is 3.71. The molecular formula is C14H20N2O4S. The number of hydrogen-bond acceptors (Lipinski definition) is 5. The Morgan fingerprint density at radius 2 is 1.86 bits per heavy atom. The normalized spacial score (nSPS) is 16.8. The Kier molecular flexibility index (Phi) is 4.84. The number of rotatable bonds is 4. The Morgan fingerprint density at radius 1 is 1.29 bits per heavy atom. The minimum absolute atomic E-state index is 0.0371. The van der Waals surface area contributed by atoms with E-state index >= 15 is 0 Å². The standard InChI is InChI=1S/C14H20N2O4S/c1-2-20-14(17)11-7-9-16(10-8-11)12-3-5-13(6-4-12)21(15,18)19/h3-6,11H,2,7-10H2,1H3,(H2,15,18,19). The fourth-order valence-corrected chi connectivity index (χ4v) is 3.00. The van der Waals surface area contributed by atoms with E-state index in [-0.39, 0.29) is 16.8 Å². The van der Waals surface area contributed by atoms with Crippen molar-refractivity contribution in [1.29, 1.82) is 0 Å². The molecule has 2 rings (SSSR count). The Hall–Kier alpha value is -1.60. The maximum Gasteiger partial charge on any atom is 0.309 e. The van der Waals surface area contributed by atoms with Gasteiger partial charge in [-0.05, 0) is 44.0 Å². The van der Waals surface area contributed by atoms with Crippen LogP contribution in [-0.4, -0.2) is 34.1 Å². The van der Waals surface area contributed by atoms with Crippen molar-refractivity contribution >= 4 is 21.7 Å². The smallest absolute Gasteiger partial charge is 0.309 e. The first-order valence-corrected chi connectivity index (χ1v) is 8.51. The first-order chi connectivity index (χ1) is 9.91.